The van der Waals surface area contributed by atoms with Crippen molar-refractivity contribution in [1.82, 2.24) is 0 Å². The maximum absolute atomic E-state index is 12.6. The van der Waals surface area contributed by atoms with Crippen LogP contribution in [0.2, 0.25) is 0 Å². The minimum atomic E-state index is -5.03. The zero-order chi connectivity index (χ0) is 52.5. The lowest BCUT2D eigenvalue weighted by Crippen LogP contribution is -2.03. The Morgan fingerprint density at radius 1 is 0.583 bits per heavy atom. The highest BCUT2D eigenvalue weighted by atomic mass is 32.2. The van der Waals surface area contributed by atoms with Crippen LogP contribution in [0.3, 0.4) is 0 Å². The molecule has 1 unspecified atom stereocenters. The molecule has 0 aliphatic carbocycles. The zero-order valence-corrected chi connectivity index (χ0v) is 39.4. The summed E-state index contributed by atoms with van der Waals surface area (Å²) >= 11 is -2.25. The predicted molar refractivity (Wildman–Crippen MR) is 245 cm³/mol. The second kappa shape index (κ2) is 22.7. The van der Waals surface area contributed by atoms with E-state index in [9.17, 15) is 61.0 Å². The first-order valence-corrected chi connectivity index (χ1v) is 23.8. The number of azo groups is 4. The highest BCUT2D eigenvalue weighted by molar-refractivity contribution is 7.94. The Bertz CT molecular complexity index is 3480. The Balaban J connectivity index is 1.26. The number of phenols is 4. The highest BCUT2D eigenvalue weighted by Crippen LogP contribution is 2.43. The Hall–Kier alpha value is -8.18. The lowest BCUT2D eigenvalue weighted by Gasteiger charge is -2.07. The van der Waals surface area contributed by atoms with E-state index in [0.717, 1.165) is 60.7 Å². The second-order valence-corrected chi connectivity index (χ2v) is 17.9. The molecule has 72 heavy (non-hydrogen) atoms. The van der Waals surface area contributed by atoms with Gasteiger partial charge in [-0.1, -0.05) is 17.2 Å². The fourth-order valence-corrected chi connectivity index (χ4v) is 7.81. The van der Waals surface area contributed by atoms with Gasteiger partial charge in [-0.2, -0.15) is 21.0 Å². The summed E-state index contributed by atoms with van der Waals surface area (Å²) in [7, 11) is -7.25. The number of hydrogen-bond donors (Lipinski definition) is 10. The van der Waals surface area contributed by atoms with Gasteiger partial charge in [0, 0.05) is 54.6 Å². The largest absolute Gasteiger partial charge is 0.506 e. The molecule has 32 heteroatoms. The molecule has 0 fully saturated rings. The Morgan fingerprint density at radius 3 is 1.57 bits per heavy atom. The number of aromatic hydroxyl groups is 4. The first-order chi connectivity index (χ1) is 34.1. The van der Waals surface area contributed by atoms with Crippen LogP contribution < -0.4 is 13.7 Å². The topological polar surface area (TPSA) is 414 Å². The van der Waals surface area contributed by atoms with Crippen LogP contribution in [0.15, 0.2) is 142 Å². The van der Waals surface area contributed by atoms with E-state index in [-0.39, 0.29) is 83.6 Å². The number of nitrogens with zero attached hydrogens (tertiary/aromatic N) is 8. The molecular weight excluding hydrogens is 1040 g/mol. The van der Waals surface area contributed by atoms with Crippen molar-refractivity contribution in [3.8, 4) is 40.2 Å². The molecule has 6 rings (SSSR count). The molecule has 0 spiro atoms. The number of hydrogen-bond acceptors (Lipinski definition) is 22. The first-order valence-electron chi connectivity index (χ1n) is 19.2. The number of rotatable bonds is 19. The minimum Gasteiger partial charge on any atom is -0.506 e. The van der Waals surface area contributed by atoms with E-state index < -0.39 is 64.4 Å². The SMILES string of the molecule is COc1cc(N=Nc2cc(OS(=O)O)ccc2O)c(O)cc1N=[N+](O)c1ccc(/C=C/c2ccc([N+](O)=Nc3cc(O)c(N=Nc4cc(S(=O)(=O)O)ccc4O)cc3OC)cc2SOOO)c(S(=O)(=O)O)c1. The highest BCUT2D eigenvalue weighted by Gasteiger charge is 2.24. The van der Waals surface area contributed by atoms with Crippen LogP contribution in [0, 0.1) is 0 Å². The number of phenolic OH excluding ortho intramolecular Hbond substituents is 4. The maximum Gasteiger partial charge on any atom is 0.357 e. The molecule has 0 aliphatic rings. The van der Waals surface area contributed by atoms with Gasteiger partial charge >= 0.3 is 11.4 Å². The number of benzene rings is 6. The first kappa shape index (κ1) is 53.2. The third-order valence-electron chi connectivity index (χ3n) is 9.18. The van der Waals surface area contributed by atoms with Crippen molar-refractivity contribution in [2.45, 2.75) is 14.7 Å². The molecule has 376 valence electrons. The van der Waals surface area contributed by atoms with Gasteiger partial charge in [-0.25, -0.2) is 5.26 Å². The van der Waals surface area contributed by atoms with Crippen LogP contribution in [0.4, 0.5) is 45.5 Å². The molecule has 0 aromatic heterocycles. The summed E-state index contributed by atoms with van der Waals surface area (Å²) in [6.45, 7) is 0. The van der Waals surface area contributed by atoms with Crippen LogP contribution in [0.5, 0.6) is 40.2 Å². The van der Waals surface area contributed by atoms with Crippen LogP contribution >= 0.6 is 12.0 Å². The van der Waals surface area contributed by atoms with Crippen LogP contribution in [-0.4, -0.2) is 94.7 Å². The monoisotopic (exact) mass is 1070 g/mol. The summed E-state index contributed by atoms with van der Waals surface area (Å²) in [4.78, 5) is -0.664. The average Bonchev–Trinajstić information content (AvgIpc) is 3.32. The normalized spacial score (nSPS) is 13.0. The zero-order valence-electron chi connectivity index (χ0n) is 36.2. The quantitative estimate of drug-likeness (QED) is 0.00527. The van der Waals surface area contributed by atoms with Gasteiger partial charge in [0.2, 0.25) is 0 Å². The molecular formula is C40H34N8O20S4+2. The van der Waals surface area contributed by atoms with E-state index in [1.165, 1.54) is 62.8 Å². The van der Waals surface area contributed by atoms with E-state index in [1.54, 1.807) is 0 Å². The molecule has 0 aliphatic heterocycles. The molecule has 0 heterocycles. The summed E-state index contributed by atoms with van der Waals surface area (Å²) in [5.74, 6) is -2.38. The van der Waals surface area contributed by atoms with Crippen molar-refractivity contribution in [3.05, 3.63) is 108 Å². The van der Waals surface area contributed by atoms with E-state index in [4.69, 9.17) is 19.3 Å². The summed E-state index contributed by atoms with van der Waals surface area (Å²) in [5.41, 5.74) is -1.78. The summed E-state index contributed by atoms with van der Waals surface area (Å²) < 4.78 is 108. The van der Waals surface area contributed by atoms with E-state index >= 15 is 0 Å². The van der Waals surface area contributed by atoms with Gasteiger partial charge in [-0.05, 0) is 53.6 Å². The molecule has 0 radical (unpaired) electrons. The van der Waals surface area contributed by atoms with Gasteiger partial charge in [0.15, 0.2) is 22.9 Å². The van der Waals surface area contributed by atoms with Crippen LogP contribution in [-0.2, 0) is 41.0 Å². The summed E-state index contributed by atoms with van der Waals surface area (Å²) in [6, 6.07) is 17.6. The molecule has 0 bridgehead atoms. The van der Waals surface area contributed by atoms with Gasteiger partial charge in [0.05, 0.1) is 46.3 Å². The second-order valence-electron chi connectivity index (χ2n) is 13.8. The molecule has 0 saturated heterocycles. The molecule has 0 amide bonds. The van der Waals surface area contributed by atoms with Crippen molar-refractivity contribution < 1.29 is 104 Å². The maximum atomic E-state index is 12.6. The van der Waals surface area contributed by atoms with Gasteiger partial charge < -0.3 is 34.1 Å². The molecule has 6 aromatic carbocycles. The summed E-state index contributed by atoms with van der Waals surface area (Å²) in [5, 5.41) is 99.3. The van der Waals surface area contributed by atoms with Crippen LogP contribution in [0.1, 0.15) is 11.1 Å². The standard InChI is InChI=1S/C40H32N8O20S4/c1-64-37-20-30(44-42-28-16-26(71(58,59)60)10-12-34(28)50)36(52)17-31(37)45-47(53)23-7-5-21(39(13-23)69-68-67-55)3-4-22-6-8-24(14-40(22)72(61,62)63)48(54)46-32-18-35(51)29(19-38(32)65-2)43-41-27-15-25(66-70(56)57)9-11-33(27)49/h3-20,53-54H,1-2H3,(H6,45,46,51,52,55,56,57,58,59,60,61,62,63)/p+2/b4-3+. The molecule has 10 N–H and O–H groups in total. The lowest BCUT2D eigenvalue weighted by atomic mass is 10.1. The number of methoxy groups -OCH3 is 2. The third-order valence-corrected chi connectivity index (χ3v) is 11.9. The van der Waals surface area contributed by atoms with Crippen molar-refractivity contribution >= 4 is 101 Å². The summed E-state index contributed by atoms with van der Waals surface area (Å²) in [6.07, 6.45) is 2.56. The van der Waals surface area contributed by atoms with Crippen molar-refractivity contribution in [1.29, 1.82) is 0 Å². The van der Waals surface area contributed by atoms with Crippen molar-refractivity contribution in [3.63, 3.8) is 0 Å². The molecule has 6 aromatic rings. The van der Waals surface area contributed by atoms with Gasteiger partial charge in [-0.3, -0.25) is 24.1 Å². The lowest BCUT2D eigenvalue weighted by molar-refractivity contribution is -0.761. The molecule has 0 saturated carbocycles. The van der Waals surface area contributed by atoms with Gasteiger partial charge in [-0.15, -0.1) is 24.8 Å². The minimum absolute atomic E-state index is 0.0774. The Labute approximate surface area is 411 Å². The predicted octanol–water partition coefficient (Wildman–Crippen LogP) is 9.60. The Morgan fingerprint density at radius 2 is 1.07 bits per heavy atom. The third kappa shape index (κ3) is 13.4. The number of ether oxygens (including phenoxy) is 2. The smallest absolute Gasteiger partial charge is 0.357 e. The Kier molecular flexibility index (Phi) is 16.8. The fraction of sp³-hybridized carbons (Fsp3) is 0.0500. The van der Waals surface area contributed by atoms with Crippen molar-refractivity contribution in [2.24, 2.45) is 30.7 Å². The average molecular weight is 1080 g/mol. The van der Waals surface area contributed by atoms with Crippen LogP contribution in [0.25, 0.3) is 12.2 Å². The fourth-order valence-electron chi connectivity index (χ4n) is 5.83. The molecule has 28 nitrogen and oxygen atoms in total. The molecule has 1 atom stereocenters. The van der Waals surface area contributed by atoms with Gasteiger partial charge in [0.25, 0.3) is 31.6 Å². The van der Waals surface area contributed by atoms with E-state index in [2.05, 4.69) is 44.2 Å². The van der Waals surface area contributed by atoms with E-state index in [0.29, 0.717) is 16.9 Å². The van der Waals surface area contributed by atoms with Gasteiger partial charge in [0.1, 0.15) is 66.1 Å². The van der Waals surface area contributed by atoms with E-state index in [1.807, 2.05) is 0 Å². The van der Waals surface area contributed by atoms with Crippen molar-refractivity contribution in [2.75, 3.05) is 14.2 Å².